The summed E-state index contributed by atoms with van der Waals surface area (Å²) in [5.74, 6) is 0. The summed E-state index contributed by atoms with van der Waals surface area (Å²) in [5.41, 5.74) is 6.90. The fraction of sp³-hybridized carbons (Fsp3) is 0.0149. The molecule has 0 unspecified atom stereocenters. The molecule has 12 rings (SSSR count). The van der Waals surface area contributed by atoms with Crippen LogP contribution < -0.4 is 0 Å². The molecule has 0 saturated carbocycles. The molecule has 0 saturated heterocycles. The summed E-state index contributed by atoms with van der Waals surface area (Å²) in [5, 5.41) is 66.3. The van der Waals surface area contributed by atoms with E-state index in [4.69, 9.17) is 0 Å². The van der Waals surface area contributed by atoms with Crippen LogP contribution in [0, 0.1) is 68.0 Å². The SMILES string of the molecule is N#Cc1cc(-n2c3cc(-c4ccccc4C#N)ccc3c3ccc(-c4ccccc4C#N)cc32)c(-c2c(C#N)cccc2C(F)(F)F)c(-n2c3cc(-c4ccccc4C#N)ccc3c3ccc(-c4ccccc4C#N)cc32)c1. The summed E-state index contributed by atoms with van der Waals surface area (Å²) in [4.78, 5) is 0. The number of nitrogens with zero attached hydrogens (tertiary/aromatic N) is 8. The Balaban J connectivity index is 1.32. The maximum atomic E-state index is 16.1. The van der Waals surface area contributed by atoms with Gasteiger partial charge in [-0.05, 0) is 117 Å². The van der Waals surface area contributed by atoms with Gasteiger partial charge in [0.15, 0.2) is 0 Å². The molecule has 78 heavy (non-hydrogen) atoms. The van der Waals surface area contributed by atoms with Crippen molar-refractivity contribution in [3.05, 3.63) is 239 Å². The van der Waals surface area contributed by atoms with Crippen molar-refractivity contribution in [2.24, 2.45) is 0 Å². The first kappa shape index (κ1) is 47.5. The first-order chi connectivity index (χ1) is 38.1. The Labute approximate surface area is 444 Å². The number of fused-ring (bicyclic) bond motifs is 6. The lowest BCUT2D eigenvalue weighted by Crippen LogP contribution is -2.12. The van der Waals surface area contributed by atoms with E-state index in [-0.39, 0.29) is 28.1 Å². The van der Waals surface area contributed by atoms with Crippen molar-refractivity contribution in [2.75, 3.05) is 0 Å². The van der Waals surface area contributed by atoms with Crippen LogP contribution >= 0.6 is 0 Å². The van der Waals surface area contributed by atoms with Gasteiger partial charge in [-0.3, -0.25) is 0 Å². The lowest BCUT2D eigenvalue weighted by Gasteiger charge is -2.24. The second-order valence-electron chi connectivity index (χ2n) is 18.6. The fourth-order valence-electron chi connectivity index (χ4n) is 11.0. The minimum Gasteiger partial charge on any atom is -0.308 e. The molecule has 12 aromatic rings. The number of hydrogen-bond donors (Lipinski definition) is 0. The average molecular weight is 1010 g/mol. The lowest BCUT2D eigenvalue weighted by molar-refractivity contribution is -0.137. The predicted molar refractivity (Wildman–Crippen MR) is 296 cm³/mol. The lowest BCUT2D eigenvalue weighted by atomic mass is 9.90. The molecule has 2 aromatic heterocycles. The molecule has 0 amide bonds. The van der Waals surface area contributed by atoms with Gasteiger partial charge in [-0.25, -0.2) is 0 Å². The van der Waals surface area contributed by atoms with E-state index in [0.717, 1.165) is 6.07 Å². The average Bonchev–Trinajstić information content (AvgIpc) is 4.16. The van der Waals surface area contributed by atoms with E-state index < -0.39 is 17.3 Å². The molecule has 0 atom stereocenters. The van der Waals surface area contributed by atoms with Crippen LogP contribution in [-0.2, 0) is 6.18 Å². The van der Waals surface area contributed by atoms with Gasteiger partial charge in [-0.15, -0.1) is 0 Å². The molecule has 0 aliphatic heterocycles. The second kappa shape index (κ2) is 18.8. The number of aromatic nitrogens is 2. The van der Waals surface area contributed by atoms with Crippen LogP contribution in [0.1, 0.15) is 38.9 Å². The van der Waals surface area contributed by atoms with E-state index >= 15 is 13.2 Å². The van der Waals surface area contributed by atoms with Crippen molar-refractivity contribution in [1.82, 2.24) is 9.13 Å². The molecule has 0 fully saturated rings. The molecule has 10 aromatic carbocycles. The number of hydrogen-bond acceptors (Lipinski definition) is 6. The van der Waals surface area contributed by atoms with Crippen LogP contribution in [0.15, 0.2) is 200 Å². The van der Waals surface area contributed by atoms with Gasteiger partial charge in [0.05, 0.1) is 109 Å². The normalized spacial score (nSPS) is 11.2. The zero-order valence-electron chi connectivity index (χ0n) is 40.8. The third-order valence-electron chi connectivity index (χ3n) is 14.4. The molecular formula is C67H33F3N8. The van der Waals surface area contributed by atoms with Crippen molar-refractivity contribution in [3.63, 3.8) is 0 Å². The maximum absolute atomic E-state index is 16.1. The number of benzene rings is 10. The summed E-state index contributed by atoms with van der Waals surface area (Å²) < 4.78 is 52.0. The highest BCUT2D eigenvalue weighted by atomic mass is 19.4. The zero-order chi connectivity index (χ0) is 53.8. The van der Waals surface area contributed by atoms with Crippen LogP contribution in [0.2, 0.25) is 0 Å². The minimum atomic E-state index is -5.02. The highest BCUT2D eigenvalue weighted by Gasteiger charge is 2.37. The summed E-state index contributed by atoms with van der Waals surface area (Å²) in [6, 6.07) is 71.1. The van der Waals surface area contributed by atoms with Crippen molar-refractivity contribution in [1.29, 1.82) is 31.6 Å². The molecule has 0 N–H and O–H groups in total. The number of nitriles is 6. The van der Waals surface area contributed by atoms with Gasteiger partial charge >= 0.3 is 6.18 Å². The smallest absolute Gasteiger partial charge is 0.308 e. The van der Waals surface area contributed by atoms with Crippen LogP contribution in [0.4, 0.5) is 13.2 Å². The maximum Gasteiger partial charge on any atom is 0.417 e. The van der Waals surface area contributed by atoms with Gasteiger partial charge < -0.3 is 9.13 Å². The molecule has 0 radical (unpaired) electrons. The Hall–Kier alpha value is -11.5. The fourth-order valence-corrected chi connectivity index (χ4v) is 11.0. The van der Waals surface area contributed by atoms with Gasteiger partial charge in [0, 0.05) is 32.7 Å². The standard InChI is InChI=1S/C67H33F3N8/c68-67(69,70)58-19-9-14-49(39-76)65(58)66-63(77-59-30-41(50-15-5-1-10-45(50)35-72)20-24-54(59)55-25-21-42(31-60(55)77)51-16-6-2-11-46(51)36-73)28-40(34-71)29-64(66)78-61-32-43(52-17-7-3-12-47(52)37-74)22-26-56(61)57-27-23-44(33-62(57)78)53-18-8-4-13-48(53)38-75/h1-33H. The molecule has 11 heteroatoms. The first-order valence-electron chi connectivity index (χ1n) is 24.4. The van der Waals surface area contributed by atoms with Crippen molar-refractivity contribution in [2.45, 2.75) is 6.18 Å². The number of halogens is 3. The summed E-state index contributed by atoms with van der Waals surface area (Å²) in [6.45, 7) is 0. The molecule has 362 valence electrons. The Kier molecular flexibility index (Phi) is 11.4. The van der Waals surface area contributed by atoms with Crippen molar-refractivity contribution in [3.8, 4) is 103 Å². The second-order valence-corrected chi connectivity index (χ2v) is 18.6. The molecular weight excluding hydrogens is 974 g/mol. The van der Waals surface area contributed by atoms with Gasteiger partial charge in [0.1, 0.15) is 0 Å². The van der Waals surface area contributed by atoms with E-state index in [0.29, 0.717) is 110 Å². The Morgan fingerprint density at radius 2 is 0.615 bits per heavy atom. The molecule has 0 bridgehead atoms. The van der Waals surface area contributed by atoms with Crippen LogP contribution in [0.3, 0.4) is 0 Å². The molecule has 2 heterocycles. The van der Waals surface area contributed by atoms with Crippen molar-refractivity contribution >= 4 is 43.6 Å². The highest BCUT2D eigenvalue weighted by molar-refractivity contribution is 6.14. The van der Waals surface area contributed by atoms with Gasteiger partial charge in [0.2, 0.25) is 0 Å². The monoisotopic (exact) mass is 1010 g/mol. The van der Waals surface area contributed by atoms with Crippen molar-refractivity contribution < 1.29 is 13.2 Å². The third kappa shape index (κ3) is 7.65. The summed E-state index contributed by atoms with van der Waals surface area (Å²) >= 11 is 0. The van der Waals surface area contributed by atoms with E-state index in [1.54, 1.807) is 48.5 Å². The molecule has 0 aliphatic carbocycles. The van der Waals surface area contributed by atoms with Gasteiger partial charge in [-0.2, -0.15) is 44.7 Å². The number of rotatable bonds is 7. The predicted octanol–water partition coefficient (Wildman–Crippen LogP) is 16.5. The van der Waals surface area contributed by atoms with E-state index in [1.807, 2.05) is 130 Å². The molecule has 0 spiro atoms. The Bertz CT molecular complexity index is 4330. The third-order valence-corrected chi connectivity index (χ3v) is 14.4. The van der Waals surface area contributed by atoms with E-state index in [1.165, 1.54) is 24.3 Å². The number of alkyl halides is 3. The quantitative estimate of drug-likeness (QED) is 0.155. The first-order valence-corrected chi connectivity index (χ1v) is 24.4. The molecule has 8 nitrogen and oxygen atoms in total. The van der Waals surface area contributed by atoms with E-state index in [9.17, 15) is 31.6 Å². The van der Waals surface area contributed by atoms with Crippen LogP contribution in [-0.4, -0.2) is 9.13 Å². The zero-order valence-corrected chi connectivity index (χ0v) is 40.8. The van der Waals surface area contributed by atoms with Crippen LogP contribution in [0.5, 0.6) is 0 Å². The summed E-state index contributed by atoms with van der Waals surface area (Å²) in [6.07, 6.45) is -5.02. The van der Waals surface area contributed by atoms with Gasteiger partial charge in [0.25, 0.3) is 0 Å². The highest BCUT2D eigenvalue weighted by Crippen LogP contribution is 2.49. The molecule has 0 aliphatic rings. The van der Waals surface area contributed by atoms with Crippen LogP contribution in [0.25, 0.3) is 111 Å². The Morgan fingerprint density at radius 1 is 0.308 bits per heavy atom. The van der Waals surface area contributed by atoms with Gasteiger partial charge in [-0.1, -0.05) is 127 Å². The Morgan fingerprint density at radius 3 is 0.910 bits per heavy atom. The largest absolute Gasteiger partial charge is 0.417 e. The summed E-state index contributed by atoms with van der Waals surface area (Å²) in [7, 11) is 0. The van der Waals surface area contributed by atoms with E-state index in [2.05, 4.69) is 36.4 Å². The topological polar surface area (TPSA) is 153 Å². The minimum absolute atomic E-state index is 0.0487.